The third-order valence-corrected chi connectivity index (χ3v) is 4.00. The van der Waals surface area contributed by atoms with Crippen LogP contribution in [-0.4, -0.2) is 34.2 Å². The largest absolute Gasteiger partial charge is 0.507 e. The molecule has 2 aliphatic rings. The molecule has 1 saturated heterocycles. The summed E-state index contributed by atoms with van der Waals surface area (Å²) in [4.78, 5) is 18.5. The minimum atomic E-state index is -0.217. The van der Waals surface area contributed by atoms with Gasteiger partial charge in [-0.15, -0.1) is 0 Å². The second-order valence-electron chi connectivity index (χ2n) is 4.21. The van der Waals surface area contributed by atoms with Crippen LogP contribution >= 0.6 is 11.8 Å². The van der Waals surface area contributed by atoms with Crippen LogP contribution in [0.3, 0.4) is 0 Å². The molecule has 0 spiro atoms. The van der Waals surface area contributed by atoms with Crippen LogP contribution in [0.5, 0.6) is 5.75 Å². The Bertz CT molecular complexity index is 563. The van der Waals surface area contributed by atoms with E-state index in [1.54, 1.807) is 24.3 Å². The molecule has 2 heterocycles. The first kappa shape index (κ1) is 14.7. The lowest BCUT2D eigenvalue weighted by atomic mass is 10.2. The number of likely N-dealkylation sites (tertiary alicyclic amines) is 1. The summed E-state index contributed by atoms with van der Waals surface area (Å²) in [6, 6.07) is 6.96. The number of nitrogens with zero attached hydrogens (tertiary/aromatic N) is 2. The van der Waals surface area contributed by atoms with Gasteiger partial charge in [0.25, 0.3) is 5.91 Å². The predicted octanol–water partition coefficient (Wildman–Crippen LogP) is 3.09. The van der Waals surface area contributed by atoms with Crippen LogP contribution in [0.25, 0.3) is 6.08 Å². The molecule has 3 rings (SSSR count). The molecule has 0 unspecified atom stereocenters. The summed E-state index contributed by atoms with van der Waals surface area (Å²) in [5.74, 6) is -0.0408. The zero-order chi connectivity index (χ0) is 14.5. The number of para-hydroxylation sites is 1. The van der Waals surface area contributed by atoms with Crippen LogP contribution in [0.2, 0.25) is 0 Å². The first-order valence-electron chi connectivity index (χ1n) is 6.79. The monoisotopic (exact) mass is 290 g/mol. The quantitative estimate of drug-likeness (QED) is 0.808. The number of thioether (sulfide) groups is 1. The number of benzene rings is 1. The van der Waals surface area contributed by atoms with Crippen molar-refractivity contribution in [2.45, 2.75) is 20.3 Å². The number of amides is 1. The van der Waals surface area contributed by atoms with E-state index in [2.05, 4.69) is 9.89 Å². The number of hydrogen-bond acceptors (Lipinski definition) is 4. The molecule has 106 valence electrons. The molecule has 0 atom stereocenters. The second kappa shape index (κ2) is 6.61. The number of rotatable bonds is 1. The summed E-state index contributed by atoms with van der Waals surface area (Å²) in [6.07, 6.45) is 2.85. The zero-order valence-corrected chi connectivity index (χ0v) is 12.5. The highest BCUT2D eigenvalue weighted by Crippen LogP contribution is 2.33. The van der Waals surface area contributed by atoms with Crippen LogP contribution in [0.4, 0.5) is 0 Å². The number of phenolic OH excluding ortho intramolecular Hbond substituents is 1. The second-order valence-corrected chi connectivity index (χ2v) is 5.22. The van der Waals surface area contributed by atoms with Crippen molar-refractivity contribution in [3.05, 3.63) is 34.7 Å². The SMILES string of the molecule is CC.O=C1N=C(N2CCC2)S/C1=C\c1ccccc1O. The van der Waals surface area contributed by atoms with Gasteiger partial charge in [-0.1, -0.05) is 32.0 Å². The first-order chi connectivity index (χ1) is 9.74. The number of carbonyl (C=O) groups is 1. The van der Waals surface area contributed by atoms with E-state index in [1.807, 2.05) is 19.9 Å². The highest BCUT2D eigenvalue weighted by molar-refractivity contribution is 8.18. The molecule has 20 heavy (non-hydrogen) atoms. The Hall–Kier alpha value is -1.75. The lowest BCUT2D eigenvalue weighted by Crippen LogP contribution is -2.39. The van der Waals surface area contributed by atoms with Gasteiger partial charge in [0.05, 0.1) is 4.91 Å². The zero-order valence-electron chi connectivity index (χ0n) is 11.7. The van der Waals surface area contributed by atoms with Gasteiger partial charge in [0.1, 0.15) is 5.75 Å². The van der Waals surface area contributed by atoms with Crippen LogP contribution < -0.4 is 0 Å². The molecule has 1 fully saturated rings. The molecule has 0 aliphatic carbocycles. The van der Waals surface area contributed by atoms with Gasteiger partial charge in [-0.05, 0) is 30.3 Å². The highest BCUT2D eigenvalue weighted by atomic mass is 32.2. The van der Waals surface area contributed by atoms with Crippen molar-refractivity contribution in [1.82, 2.24) is 4.90 Å². The standard InChI is InChI=1S/C13H12N2O2S.C2H6/c16-10-5-2-1-4-9(10)8-11-12(17)14-13(18-11)15-6-3-7-15;1-2/h1-2,4-5,8,16H,3,6-7H2;1-2H3/b11-8-;. The Kier molecular flexibility index (Phi) is 4.84. The Morgan fingerprint density at radius 1 is 1.30 bits per heavy atom. The molecule has 4 nitrogen and oxygen atoms in total. The van der Waals surface area contributed by atoms with Crippen LogP contribution in [-0.2, 0) is 4.79 Å². The van der Waals surface area contributed by atoms with Gasteiger partial charge >= 0.3 is 0 Å². The van der Waals surface area contributed by atoms with Crippen LogP contribution in [0, 0.1) is 0 Å². The lowest BCUT2D eigenvalue weighted by molar-refractivity contribution is -0.113. The number of amidine groups is 1. The molecule has 0 aromatic heterocycles. The normalized spacial score (nSPS) is 19.3. The fraction of sp³-hybridized carbons (Fsp3) is 0.333. The molecule has 1 amide bonds. The maximum absolute atomic E-state index is 11.8. The lowest BCUT2D eigenvalue weighted by Gasteiger charge is -2.31. The topological polar surface area (TPSA) is 52.9 Å². The predicted molar refractivity (Wildman–Crippen MR) is 83.7 cm³/mol. The number of aromatic hydroxyl groups is 1. The third-order valence-electron chi connectivity index (χ3n) is 2.96. The molecule has 2 aliphatic heterocycles. The molecule has 1 aromatic carbocycles. The van der Waals surface area contributed by atoms with Gasteiger partial charge < -0.3 is 10.0 Å². The van der Waals surface area contributed by atoms with E-state index in [4.69, 9.17) is 0 Å². The van der Waals surface area contributed by atoms with E-state index < -0.39 is 0 Å². The van der Waals surface area contributed by atoms with Crippen molar-refractivity contribution < 1.29 is 9.90 Å². The average molecular weight is 290 g/mol. The summed E-state index contributed by atoms with van der Waals surface area (Å²) >= 11 is 1.38. The summed E-state index contributed by atoms with van der Waals surface area (Å²) in [6.45, 7) is 5.95. The summed E-state index contributed by atoms with van der Waals surface area (Å²) in [7, 11) is 0. The van der Waals surface area contributed by atoms with Crippen LogP contribution in [0.15, 0.2) is 34.2 Å². The number of carbonyl (C=O) groups excluding carboxylic acids is 1. The van der Waals surface area contributed by atoms with Crippen molar-refractivity contribution in [2.24, 2.45) is 4.99 Å². The molecule has 1 N–H and O–H groups in total. The molecular formula is C15H18N2O2S. The summed E-state index contributed by atoms with van der Waals surface area (Å²) in [5.41, 5.74) is 0.647. The molecular weight excluding hydrogens is 272 g/mol. The van der Waals surface area contributed by atoms with Gasteiger partial charge in [-0.3, -0.25) is 4.79 Å². The maximum Gasteiger partial charge on any atom is 0.286 e. The Morgan fingerprint density at radius 3 is 2.60 bits per heavy atom. The first-order valence-corrected chi connectivity index (χ1v) is 7.61. The van der Waals surface area contributed by atoms with Crippen molar-refractivity contribution in [3.8, 4) is 5.75 Å². The average Bonchev–Trinajstić information content (AvgIpc) is 2.74. The van der Waals surface area contributed by atoms with Crippen molar-refractivity contribution in [2.75, 3.05) is 13.1 Å². The smallest absolute Gasteiger partial charge is 0.286 e. The van der Waals surface area contributed by atoms with E-state index in [9.17, 15) is 9.90 Å². The minimum absolute atomic E-state index is 0.177. The van der Waals surface area contributed by atoms with Crippen molar-refractivity contribution >= 4 is 28.9 Å². The van der Waals surface area contributed by atoms with Gasteiger partial charge in [-0.25, -0.2) is 0 Å². The minimum Gasteiger partial charge on any atom is -0.507 e. The van der Waals surface area contributed by atoms with Gasteiger partial charge in [-0.2, -0.15) is 4.99 Å². The van der Waals surface area contributed by atoms with E-state index in [0.29, 0.717) is 10.5 Å². The van der Waals surface area contributed by atoms with Crippen LogP contribution in [0.1, 0.15) is 25.8 Å². The third kappa shape index (κ3) is 3.04. The van der Waals surface area contributed by atoms with E-state index in [0.717, 1.165) is 24.7 Å². The van der Waals surface area contributed by atoms with Crippen molar-refractivity contribution in [3.63, 3.8) is 0 Å². The summed E-state index contributed by atoms with van der Waals surface area (Å²) < 4.78 is 0. The van der Waals surface area contributed by atoms with E-state index in [-0.39, 0.29) is 11.7 Å². The number of aliphatic imine (C=N–C) groups is 1. The molecule has 0 bridgehead atoms. The maximum atomic E-state index is 11.8. The Labute approximate surface area is 123 Å². The number of hydrogen-bond donors (Lipinski definition) is 1. The Morgan fingerprint density at radius 2 is 2.00 bits per heavy atom. The van der Waals surface area contributed by atoms with Gasteiger partial charge in [0.15, 0.2) is 5.17 Å². The molecule has 1 aromatic rings. The Balaban J connectivity index is 0.000000704. The van der Waals surface area contributed by atoms with E-state index in [1.165, 1.54) is 11.8 Å². The highest BCUT2D eigenvalue weighted by Gasteiger charge is 2.28. The summed E-state index contributed by atoms with van der Waals surface area (Å²) in [5, 5.41) is 10.5. The molecule has 0 radical (unpaired) electrons. The van der Waals surface area contributed by atoms with E-state index >= 15 is 0 Å². The fourth-order valence-electron chi connectivity index (χ4n) is 1.79. The van der Waals surface area contributed by atoms with Gasteiger partial charge in [0, 0.05) is 18.7 Å². The molecule has 5 heteroatoms. The number of phenols is 1. The van der Waals surface area contributed by atoms with Crippen molar-refractivity contribution in [1.29, 1.82) is 0 Å². The van der Waals surface area contributed by atoms with Gasteiger partial charge in [0.2, 0.25) is 0 Å². The molecule has 0 saturated carbocycles. The fourth-order valence-corrected chi connectivity index (χ4v) is 2.75.